The van der Waals surface area contributed by atoms with Crippen molar-refractivity contribution in [3.05, 3.63) is 0 Å². The first-order valence-electron chi connectivity index (χ1n) is 6.71. The molecule has 1 unspecified atom stereocenters. The summed E-state index contributed by atoms with van der Waals surface area (Å²) in [5.74, 6) is -0.287. The Balaban J connectivity index is 2.18. The molecule has 1 rings (SSSR count). The summed E-state index contributed by atoms with van der Waals surface area (Å²) in [7, 11) is 0. The molecule has 0 radical (unpaired) electrons. The van der Waals surface area contributed by atoms with Gasteiger partial charge in [0.05, 0.1) is 18.8 Å². The van der Waals surface area contributed by atoms with E-state index in [4.69, 9.17) is 15.2 Å². The maximum absolute atomic E-state index is 11.5. The molecule has 0 bridgehead atoms. The quantitative estimate of drug-likeness (QED) is 0.600. The van der Waals surface area contributed by atoms with Crippen LogP contribution in [0.15, 0.2) is 0 Å². The molecule has 1 atom stereocenters. The molecule has 1 fully saturated rings. The average molecular weight is 258 g/mol. The van der Waals surface area contributed by atoms with Crippen molar-refractivity contribution in [2.24, 2.45) is 5.73 Å². The van der Waals surface area contributed by atoms with Gasteiger partial charge in [0, 0.05) is 12.6 Å². The predicted molar refractivity (Wildman–Crippen MR) is 70.3 cm³/mol. The molecule has 1 saturated heterocycles. The number of primary amides is 1. The molecular weight excluding hydrogens is 232 g/mol. The molecule has 0 saturated carbocycles. The molecule has 0 aromatic rings. The maximum atomic E-state index is 11.5. The third-order valence-electron chi connectivity index (χ3n) is 3.18. The van der Waals surface area contributed by atoms with E-state index in [-0.39, 0.29) is 18.1 Å². The van der Waals surface area contributed by atoms with Crippen molar-refractivity contribution in [1.29, 1.82) is 0 Å². The highest BCUT2D eigenvalue weighted by Crippen LogP contribution is 2.15. The summed E-state index contributed by atoms with van der Waals surface area (Å²) >= 11 is 0. The lowest BCUT2D eigenvalue weighted by Crippen LogP contribution is -2.55. The van der Waals surface area contributed by atoms with Gasteiger partial charge in [-0.15, -0.1) is 0 Å². The Bertz CT molecular complexity index is 267. The van der Waals surface area contributed by atoms with E-state index in [2.05, 4.69) is 5.32 Å². The first kappa shape index (κ1) is 15.4. The van der Waals surface area contributed by atoms with Crippen molar-refractivity contribution in [2.45, 2.75) is 57.7 Å². The van der Waals surface area contributed by atoms with E-state index < -0.39 is 5.54 Å². The van der Waals surface area contributed by atoms with Gasteiger partial charge in [-0.05, 0) is 40.0 Å². The van der Waals surface area contributed by atoms with Crippen LogP contribution in [0.1, 0.15) is 40.0 Å². The van der Waals surface area contributed by atoms with Crippen molar-refractivity contribution in [3.63, 3.8) is 0 Å². The van der Waals surface area contributed by atoms with Crippen molar-refractivity contribution in [3.8, 4) is 0 Å². The van der Waals surface area contributed by atoms with Gasteiger partial charge in [-0.3, -0.25) is 4.79 Å². The zero-order valence-corrected chi connectivity index (χ0v) is 11.7. The van der Waals surface area contributed by atoms with Gasteiger partial charge in [0.1, 0.15) is 6.10 Å². The number of ether oxygens (including phenoxy) is 2. The fraction of sp³-hybridized carbons (Fsp3) is 0.923. The summed E-state index contributed by atoms with van der Waals surface area (Å²) in [5.41, 5.74) is 4.85. The van der Waals surface area contributed by atoms with E-state index in [0.29, 0.717) is 13.2 Å². The van der Waals surface area contributed by atoms with E-state index >= 15 is 0 Å². The molecule has 1 amide bonds. The number of nitrogens with two attached hydrogens (primary N) is 1. The lowest BCUT2D eigenvalue weighted by molar-refractivity contribution is -0.130. The van der Waals surface area contributed by atoms with Gasteiger partial charge >= 0.3 is 0 Å². The van der Waals surface area contributed by atoms with Gasteiger partial charge < -0.3 is 20.5 Å². The van der Waals surface area contributed by atoms with Gasteiger partial charge in [-0.2, -0.15) is 0 Å². The number of carbonyl (C=O) groups excluding carboxylic acids is 1. The van der Waals surface area contributed by atoms with E-state index in [9.17, 15) is 4.79 Å². The average Bonchev–Trinajstić information content (AvgIpc) is 2.19. The van der Waals surface area contributed by atoms with Crippen molar-refractivity contribution >= 4 is 5.91 Å². The number of nitrogens with one attached hydrogen (secondary N) is 1. The van der Waals surface area contributed by atoms with Crippen LogP contribution < -0.4 is 11.1 Å². The fourth-order valence-corrected chi connectivity index (χ4v) is 2.04. The third-order valence-corrected chi connectivity index (χ3v) is 3.18. The summed E-state index contributed by atoms with van der Waals surface area (Å²) in [6.07, 6.45) is 2.89. The van der Waals surface area contributed by atoms with Crippen LogP contribution in [-0.2, 0) is 14.3 Å². The number of hydrogen-bond donors (Lipinski definition) is 2. The van der Waals surface area contributed by atoms with Gasteiger partial charge in [0.15, 0.2) is 0 Å². The standard InChI is InChI=1S/C13H26N2O3/c1-10(2)15-13(3,12(14)16)6-4-5-7-18-11-8-17-9-11/h10-11,15H,4-9H2,1-3H3,(H2,14,16). The van der Waals surface area contributed by atoms with Gasteiger partial charge in [-0.25, -0.2) is 0 Å². The van der Waals surface area contributed by atoms with Crippen molar-refractivity contribution < 1.29 is 14.3 Å². The fourth-order valence-electron chi connectivity index (χ4n) is 2.04. The largest absolute Gasteiger partial charge is 0.376 e. The molecular formula is C13H26N2O3. The van der Waals surface area contributed by atoms with Crippen LogP contribution in [0.25, 0.3) is 0 Å². The summed E-state index contributed by atoms with van der Waals surface area (Å²) in [6, 6.07) is 0.242. The number of unbranched alkanes of at least 4 members (excludes halogenated alkanes) is 1. The zero-order chi connectivity index (χ0) is 13.6. The van der Waals surface area contributed by atoms with E-state index in [0.717, 1.165) is 25.9 Å². The maximum Gasteiger partial charge on any atom is 0.237 e. The highest BCUT2D eigenvalue weighted by atomic mass is 16.6. The molecule has 1 aliphatic rings. The molecule has 0 spiro atoms. The molecule has 18 heavy (non-hydrogen) atoms. The predicted octanol–water partition coefficient (Wildman–Crippen LogP) is 0.814. The second kappa shape index (κ2) is 7.07. The highest BCUT2D eigenvalue weighted by Gasteiger charge is 2.30. The molecule has 1 heterocycles. The number of rotatable bonds is 9. The summed E-state index contributed by atoms with van der Waals surface area (Å²) in [6.45, 7) is 8.06. The Morgan fingerprint density at radius 3 is 2.61 bits per heavy atom. The normalized spacial score (nSPS) is 19.6. The minimum Gasteiger partial charge on any atom is -0.376 e. The first-order chi connectivity index (χ1) is 8.44. The lowest BCUT2D eigenvalue weighted by Gasteiger charge is -2.30. The SMILES string of the molecule is CC(C)NC(C)(CCCCOC1COC1)C(N)=O. The van der Waals surface area contributed by atoms with E-state index in [1.54, 1.807) is 0 Å². The number of carbonyl (C=O) groups is 1. The lowest BCUT2D eigenvalue weighted by atomic mass is 9.93. The van der Waals surface area contributed by atoms with E-state index in [1.165, 1.54) is 0 Å². The van der Waals surface area contributed by atoms with Crippen LogP contribution >= 0.6 is 0 Å². The van der Waals surface area contributed by atoms with E-state index in [1.807, 2.05) is 20.8 Å². The summed E-state index contributed by atoms with van der Waals surface area (Å²) < 4.78 is 10.6. The molecule has 106 valence electrons. The summed E-state index contributed by atoms with van der Waals surface area (Å²) in [4.78, 5) is 11.5. The van der Waals surface area contributed by atoms with Crippen LogP contribution in [0.2, 0.25) is 0 Å². The zero-order valence-electron chi connectivity index (χ0n) is 11.7. The Morgan fingerprint density at radius 1 is 1.50 bits per heavy atom. The molecule has 1 aliphatic heterocycles. The molecule has 3 N–H and O–H groups in total. The van der Waals surface area contributed by atoms with Crippen molar-refractivity contribution in [1.82, 2.24) is 5.32 Å². The molecule has 0 aromatic heterocycles. The minimum absolute atomic E-state index is 0.242. The van der Waals surface area contributed by atoms with Crippen LogP contribution in [0.4, 0.5) is 0 Å². The first-order valence-corrected chi connectivity index (χ1v) is 6.71. The van der Waals surface area contributed by atoms with Crippen LogP contribution in [-0.4, -0.2) is 43.4 Å². The smallest absolute Gasteiger partial charge is 0.237 e. The molecule has 0 aliphatic carbocycles. The summed E-state index contributed by atoms with van der Waals surface area (Å²) in [5, 5.41) is 3.24. The highest BCUT2D eigenvalue weighted by molar-refractivity contribution is 5.84. The van der Waals surface area contributed by atoms with Gasteiger partial charge in [0.2, 0.25) is 5.91 Å². The monoisotopic (exact) mass is 258 g/mol. The third kappa shape index (κ3) is 4.92. The van der Waals surface area contributed by atoms with Crippen LogP contribution in [0.3, 0.4) is 0 Å². The topological polar surface area (TPSA) is 73.6 Å². The van der Waals surface area contributed by atoms with Crippen molar-refractivity contribution in [2.75, 3.05) is 19.8 Å². The second-order valence-corrected chi connectivity index (χ2v) is 5.48. The number of hydrogen-bond acceptors (Lipinski definition) is 4. The Hall–Kier alpha value is -0.650. The molecule has 5 heteroatoms. The van der Waals surface area contributed by atoms with Crippen LogP contribution in [0.5, 0.6) is 0 Å². The number of amides is 1. The van der Waals surface area contributed by atoms with Gasteiger partial charge in [-0.1, -0.05) is 0 Å². The second-order valence-electron chi connectivity index (χ2n) is 5.48. The Kier molecular flexibility index (Phi) is 6.05. The van der Waals surface area contributed by atoms with Gasteiger partial charge in [0.25, 0.3) is 0 Å². The van der Waals surface area contributed by atoms with Crippen LogP contribution in [0, 0.1) is 0 Å². The Labute approximate surface area is 109 Å². The molecule has 5 nitrogen and oxygen atoms in total. The molecule has 0 aromatic carbocycles. The minimum atomic E-state index is -0.617. The Morgan fingerprint density at radius 2 is 2.17 bits per heavy atom.